The molecule has 0 aliphatic carbocycles. The van der Waals surface area contributed by atoms with Crippen molar-refractivity contribution < 1.29 is 19.1 Å². The molecule has 0 heterocycles. The fraction of sp³-hybridized carbons (Fsp3) is 0.846. The van der Waals surface area contributed by atoms with Gasteiger partial charge in [0, 0.05) is 0 Å². The Kier molecular flexibility index (Phi) is 5.80. The fourth-order valence-corrected chi connectivity index (χ4v) is 1.34. The van der Waals surface area contributed by atoms with E-state index in [0.717, 1.165) is 0 Å². The van der Waals surface area contributed by atoms with E-state index in [2.05, 4.69) is 5.32 Å². The lowest BCUT2D eigenvalue weighted by Crippen LogP contribution is -2.48. The van der Waals surface area contributed by atoms with Gasteiger partial charge >= 0.3 is 6.09 Å². The molecule has 0 fully saturated rings. The topological polar surface area (TPSA) is 64.6 Å². The molecule has 0 aromatic rings. The first-order valence-electron chi connectivity index (χ1n) is 6.07. The van der Waals surface area contributed by atoms with E-state index in [4.69, 9.17) is 9.47 Å². The molecule has 0 radical (unpaired) electrons. The van der Waals surface area contributed by atoms with Gasteiger partial charge in [-0.15, -0.1) is 0 Å². The van der Waals surface area contributed by atoms with Gasteiger partial charge in [0.15, 0.2) is 0 Å². The standard InChI is InChI=1S/C13H25NO4/c1-9(17-12(2,3)4)10(8-15)14-11(16)18-13(5,6)7/h8-10H,1-7H3,(H,14,16)/t9-,10+/m0/s1. The summed E-state index contributed by atoms with van der Waals surface area (Å²) in [6, 6.07) is -0.723. The Hall–Kier alpha value is -1.10. The van der Waals surface area contributed by atoms with Crippen LogP contribution in [0.3, 0.4) is 0 Å². The van der Waals surface area contributed by atoms with Crippen LogP contribution in [0.4, 0.5) is 4.79 Å². The Morgan fingerprint density at radius 1 is 1.11 bits per heavy atom. The number of nitrogens with one attached hydrogen (secondary N) is 1. The van der Waals surface area contributed by atoms with E-state index in [1.165, 1.54) is 0 Å². The van der Waals surface area contributed by atoms with Gasteiger partial charge < -0.3 is 19.6 Å². The number of carbonyl (C=O) groups excluding carboxylic acids is 2. The second-order valence-corrected chi connectivity index (χ2v) is 6.24. The van der Waals surface area contributed by atoms with E-state index < -0.39 is 23.8 Å². The van der Waals surface area contributed by atoms with Gasteiger partial charge in [-0.2, -0.15) is 0 Å². The molecule has 0 spiro atoms. The van der Waals surface area contributed by atoms with Gasteiger partial charge in [0.1, 0.15) is 17.9 Å². The Balaban J connectivity index is 4.43. The van der Waals surface area contributed by atoms with Crippen molar-refractivity contribution in [3.8, 4) is 0 Å². The molecule has 18 heavy (non-hydrogen) atoms. The summed E-state index contributed by atoms with van der Waals surface area (Å²) in [5, 5.41) is 2.49. The highest BCUT2D eigenvalue weighted by molar-refractivity contribution is 5.73. The van der Waals surface area contributed by atoms with E-state index in [0.29, 0.717) is 6.29 Å². The maximum absolute atomic E-state index is 11.6. The first-order chi connectivity index (χ1) is 7.94. The van der Waals surface area contributed by atoms with Gasteiger partial charge in [0.2, 0.25) is 0 Å². The molecule has 2 atom stereocenters. The number of ether oxygens (including phenoxy) is 2. The van der Waals surface area contributed by atoms with E-state index in [9.17, 15) is 9.59 Å². The highest BCUT2D eigenvalue weighted by Crippen LogP contribution is 2.13. The maximum Gasteiger partial charge on any atom is 0.408 e. The second-order valence-electron chi connectivity index (χ2n) is 6.24. The van der Waals surface area contributed by atoms with Gasteiger partial charge in [-0.25, -0.2) is 4.79 Å². The van der Waals surface area contributed by atoms with Crippen LogP contribution in [-0.4, -0.2) is 35.7 Å². The van der Waals surface area contributed by atoms with E-state index >= 15 is 0 Å². The minimum absolute atomic E-state index is 0.379. The summed E-state index contributed by atoms with van der Waals surface area (Å²) in [4.78, 5) is 22.5. The largest absolute Gasteiger partial charge is 0.444 e. The van der Waals surface area contributed by atoms with Crippen LogP contribution in [0.2, 0.25) is 0 Å². The summed E-state index contributed by atoms with van der Waals surface area (Å²) in [6.07, 6.45) is -0.390. The number of rotatable bonds is 4. The van der Waals surface area contributed by atoms with Crippen molar-refractivity contribution in [2.45, 2.75) is 71.8 Å². The van der Waals surface area contributed by atoms with Gasteiger partial charge in [0.25, 0.3) is 0 Å². The lowest BCUT2D eigenvalue weighted by Gasteiger charge is -2.29. The van der Waals surface area contributed by atoms with Crippen LogP contribution in [0.5, 0.6) is 0 Å². The lowest BCUT2D eigenvalue weighted by atomic mass is 10.1. The smallest absolute Gasteiger partial charge is 0.408 e. The van der Waals surface area contributed by atoms with Gasteiger partial charge in [0.05, 0.1) is 11.7 Å². The third kappa shape index (κ3) is 8.06. The van der Waals surface area contributed by atoms with E-state index in [1.54, 1.807) is 27.7 Å². The zero-order valence-electron chi connectivity index (χ0n) is 12.4. The third-order valence-electron chi connectivity index (χ3n) is 1.88. The predicted molar refractivity (Wildman–Crippen MR) is 69.5 cm³/mol. The highest BCUT2D eigenvalue weighted by Gasteiger charge is 2.26. The van der Waals surface area contributed by atoms with E-state index in [1.807, 2.05) is 20.8 Å². The van der Waals surface area contributed by atoms with E-state index in [-0.39, 0.29) is 5.60 Å². The summed E-state index contributed by atoms with van der Waals surface area (Å²) in [7, 11) is 0. The van der Waals surface area contributed by atoms with Crippen molar-refractivity contribution in [1.82, 2.24) is 5.32 Å². The van der Waals surface area contributed by atoms with Crippen LogP contribution in [0, 0.1) is 0 Å². The summed E-state index contributed by atoms with van der Waals surface area (Å²) < 4.78 is 10.7. The molecule has 0 aromatic heterocycles. The molecule has 0 unspecified atom stereocenters. The summed E-state index contributed by atoms with van der Waals surface area (Å²) in [5.41, 5.74) is -0.970. The minimum atomic E-state index is -0.723. The van der Waals surface area contributed by atoms with Crippen molar-refractivity contribution >= 4 is 12.4 Å². The fourth-order valence-electron chi connectivity index (χ4n) is 1.34. The van der Waals surface area contributed by atoms with Crippen LogP contribution in [0.25, 0.3) is 0 Å². The quantitative estimate of drug-likeness (QED) is 0.787. The summed E-state index contributed by atoms with van der Waals surface area (Å²) in [5.74, 6) is 0. The molecule has 0 bridgehead atoms. The average Bonchev–Trinajstić information content (AvgIpc) is 2.07. The number of hydrogen-bond donors (Lipinski definition) is 1. The maximum atomic E-state index is 11.6. The van der Waals surface area contributed by atoms with Crippen LogP contribution in [0.15, 0.2) is 0 Å². The second kappa shape index (κ2) is 6.18. The van der Waals surface area contributed by atoms with Crippen LogP contribution >= 0.6 is 0 Å². The van der Waals surface area contributed by atoms with Crippen LogP contribution < -0.4 is 5.32 Å². The lowest BCUT2D eigenvalue weighted by molar-refractivity contribution is -0.117. The average molecular weight is 259 g/mol. The molecular weight excluding hydrogens is 234 g/mol. The molecule has 1 amide bonds. The van der Waals surface area contributed by atoms with Gasteiger partial charge in [-0.1, -0.05) is 0 Å². The molecule has 1 N–H and O–H groups in total. The molecule has 0 saturated heterocycles. The molecule has 5 nitrogen and oxygen atoms in total. The molecular formula is C13H25NO4. The van der Waals surface area contributed by atoms with Crippen molar-refractivity contribution in [2.24, 2.45) is 0 Å². The van der Waals surface area contributed by atoms with Crippen molar-refractivity contribution in [3.63, 3.8) is 0 Å². The Morgan fingerprint density at radius 3 is 1.94 bits per heavy atom. The van der Waals surface area contributed by atoms with Crippen molar-refractivity contribution in [3.05, 3.63) is 0 Å². The number of aldehydes is 1. The highest BCUT2D eigenvalue weighted by atomic mass is 16.6. The summed E-state index contributed by atoms with van der Waals surface area (Å²) >= 11 is 0. The van der Waals surface area contributed by atoms with Crippen LogP contribution in [0.1, 0.15) is 48.5 Å². The monoisotopic (exact) mass is 259 g/mol. The molecule has 0 aliphatic heterocycles. The molecule has 0 aliphatic rings. The zero-order chi connectivity index (χ0) is 14.6. The van der Waals surface area contributed by atoms with Crippen molar-refractivity contribution in [1.29, 1.82) is 0 Å². The summed E-state index contributed by atoms with van der Waals surface area (Å²) in [6.45, 7) is 12.7. The van der Waals surface area contributed by atoms with Gasteiger partial charge in [-0.05, 0) is 48.5 Å². The normalized spacial score (nSPS) is 15.7. The van der Waals surface area contributed by atoms with Gasteiger partial charge in [-0.3, -0.25) is 0 Å². The number of amides is 1. The molecule has 0 saturated carbocycles. The third-order valence-corrected chi connectivity index (χ3v) is 1.88. The first-order valence-corrected chi connectivity index (χ1v) is 6.07. The van der Waals surface area contributed by atoms with Crippen molar-refractivity contribution in [2.75, 3.05) is 0 Å². The first kappa shape index (κ1) is 16.9. The number of carbonyl (C=O) groups is 2. The van der Waals surface area contributed by atoms with Crippen LogP contribution in [-0.2, 0) is 14.3 Å². The zero-order valence-corrected chi connectivity index (χ0v) is 12.4. The predicted octanol–water partition coefficient (Wildman–Crippen LogP) is 2.28. The Labute approximate surface area is 109 Å². The Morgan fingerprint density at radius 2 is 1.61 bits per heavy atom. The number of alkyl carbamates (subject to hydrolysis) is 1. The Bertz CT molecular complexity index is 288. The minimum Gasteiger partial charge on any atom is -0.444 e. The SMILES string of the molecule is C[C@H](OC(C)(C)C)[C@@H](C=O)NC(=O)OC(C)(C)C. The number of hydrogen-bond acceptors (Lipinski definition) is 4. The molecule has 0 rings (SSSR count). The molecule has 5 heteroatoms. The molecule has 0 aromatic carbocycles. The molecule has 106 valence electrons.